The van der Waals surface area contributed by atoms with Gasteiger partial charge >= 0.3 is 10.4 Å². The van der Waals surface area contributed by atoms with Crippen LogP contribution in [0.1, 0.15) is 20.3 Å². The maximum absolute atomic E-state index is 11.2. The molecule has 82 valence electrons. The van der Waals surface area contributed by atoms with E-state index in [0.717, 1.165) is 0 Å². The first-order valence-corrected chi connectivity index (χ1v) is 5.48. The van der Waals surface area contributed by atoms with Crippen molar-refractivity contribution in [2.75, 3.05) is 6.61 Å². The smallest absolute Gasteiger partial charge is 0.244 e. The molecule has 0 bridgehead atoms. The van der Waals surface area contributed by atoms with Crippen LogP contribution in [0.15, 0.2) is 25.3 Å². The highest BCUT2D eigenvalue weighted by Gasteiger charge is 2.25. The Hall–Kier alpha value is -0.650. The minimum absolute atomic E-state index is 0.0908. The molecule has 0 N–H and O–H groups in total. The second kappa shape index (κ2) is 5.29. The minimum atomic E-state index is -3.94. The van der Waals surface area contributed by atoms with Gasteiger partial charge in [-0.15, -0.1) is 13.2 Å². The van der Waals surface area contributed by atoms with E-state index >= 15 is 0 Å². The molecule has 0 unspecified atom stereocenters. The van der Waals surface area contributed by atoms with Gasteiger partial charge in [0.1, 0.15) is 0 Å². The topological polar surface area (TPSA) is 52.6 Å². The first kappa shape index (κ1) is 13.4. The van der Waals surface area contributed by atoms with E-state index in [2.05, 4.69) is 17.3 Å². The van der Waals surface area contributed by atoms with E-state index < -0.39 is 16.0 Å². The first-order chi connectivity index (χ1) is 6.33. The Bertz CT molecular complexity index is 290. The van der Waals surface area contributed by atoms with Crippen molar-refractivity contribution in [2.45, 2.75) is 25.9 Å². The number of hydrogen-bond donors (Lipinski definition) is 0. The van der Waals surface area contributed by atoms with Gasteiger partial charge in [-0.25, -0.2) is 8.37 Å². The minimum Gasteiger partial charge on any atom is -0.244 e. The first-order valence-electron chi connectivity index (χ1n) is 4.15. The Kier molecular flexibility index (Phi) is 5.04. The van der Waals surface area contributed by atoms with Crippen LogP contribution in [0, 0.1) is 0 Å². The molecule has 0 heterocycles. The van der Waals surface area contributed by atoms with E-state index in [1.807, 2.05) is 0 Å². The van der Waals surface area contributed by atoms with E-state index in [-0.39, 0.29) is 6.61 Å². The van der Waals surface area contributed by atoms with Crippen molar-refractivity contribution < 1.29 is 16.8 Å². The average molecular weight is 220 g/mol. The Morgan fingerprint density at radius 1 is 1.29 bits per heavy atom. The van der Waals surface area contributed by atoms with E-state index in [9.17, 15) is 8.42 Å². The van der Waals surface area contributed by atoms with Gasteiger partial charge in [0.25, 0.3) is 0 Å². The summed E-state index contributed by atoms with van der Waals surface area (Å²) in [4.78, 5) is 0. The van der Waals surface area contributed by atoms with Gasteiger partial charge in [0.2, 0.25) is 0 Å². The maximum Gasteiger partial charge on any atom is 0.400 e. The summed E-state index contributed by atoms with van der Waals surface area (Å²) in [6.07, 6.45) is 3.34. The average Bonchev–Trinajstić information content (AvgIpc) is 1.98. The predicted molar refractivity (Wildman–Crippen MR) is 55.0 cm³/mol. The van der Waals surface area contributed by atoms with Crippen LogP contribution in [-0.2, 0) is 18.8 Å². The molecule has 5 heteroatoms. The van der Waals surface area contributed by atoms with Crippen molar-refractivity contribution in [3.8, 4) is 0 Å². The largest absolute Gasteiger partial charge is 0.400 e. The molecule has 0 aromatic rings. The van der Waals surface area contributed by atoms with Gasteiger partial charge in [-0.3, -0.25) is 0 Å². The van der Waals surface area contributed by atoms with Crippen molar-refractivity contribution in [3.05, 3.63) is 25.3 Å². The van der Waals surface area contributed by atoms with E-state index in [0.29, 0.717) is 6.42 Å². The van der Waals surface area contributed by atoms with Crippen LogP contribution >= 0.6 is 0 Å². The lowest BCUT2D eigenvalue weighted by Crippen LogP contribution is -2.28. The molecular weight excluding hydrogens is 204 g/mol. The van der Waals surface area contributed by atoms with Crippen molar-refractivity contribution in [1.29, 1.82) is 0 Å². The lowest BCUT2D eigenvalue weighted by Gasteiger charge is -2.21. The highest BCUT2D eigenvalue weighted by Crippen LogP contribution is 2.18. The summed E-state index contributed by atoms with van der Waals surface area (Å²) in [6.45, 7) is 10.0. The van der Waals surface area contributed by atoms with Crippen molar-refractivity contribution >= 4 is 10.4 Å². The van der Waals surface area contributed by atoms with Gasteiger partial charge in [-0.05, 0) is 20.3 Å². The second-order valence-electron chi connectivity index (χ2n) is 3.32. The lowest BCUT2D eigenvalue weighted by atomic mass is 10.1. The third kappa shape index (κ3) is 5.90. The zero-order valence-electron chi connectivity index (χ0n) is 8.52. The van der Waals surface area contributed by atoms with Crippen LogP contribution in [-0.4, -0.2) is 20.6 Å². The van der Waals surface area contributed by atoms with Crippen LogP contribution in [0.5, 0.6) is 0 Å². The molecule has 14 heavy (non-hydrogen) atoms. The molecule has 0 rings (SSSR count). The van der Waals surface area contributed by atoms with Crippen LogP contribution in [0.3, 0.4) is 0 Å². The second-order valence-corrected chi connectivity index (χ2v) is 4.54. The van der Waals surface area contributed by atoms with E-state index in [1.54, 1.807) is 19.9 Å². The normalized spacial score (nSPS) is 12.4. The molecule has 0 aliphatic carbocycles. The van der Waals surface area contributed by atoms with Crippen LogP contribution < -0.4 is 0 Å². The summed E-state index contributed by atoms with van der Waals surface area (Å²) in [5.41, 5.74) is -0.832. The lowest BCUT2D eigenvalue weighted by molar-refractivity contribution is 0.0928. The fraction of sp³-hybridized carbons (Fsp3) is 0.556. The number of hydrogen-bond acceptors (Lipinski definition) is 4. The maximum atomic E-state index is 11.2. The fourth-order valence-electron chi connectivity index (χ4n) is 0.813. The highest BCUT2D eigenvalue weighted by molar-refractivity contribution is 7.81. The molecule has 0 atom stereocenters. The molecule has 0 aromatic heterocycles. The highest BCUT2D eigenvalue weighted by atomic mass is 32.3. The van der Waals surface area contributed by atoms with Crippen LogP contribution in [0.25, 0.3) is 0 Å². The van der Waals surface area contributed by atoms with Gasteiger partial charge in [-0.2, -0.15) is 8.42 Å². The molecule has 0 aliphatic rings. The molecule has 0 aliphatic heterocycles. The summed E-state index contributed by atoms with van der Waals surface area (Å²) < 4.78 is 31.6. The summed E-state index contributed by atoms with van der Waals surface area (Å²) >= 11 is 0. The standard InChI is InChI=1S/C9H16O4S/c1-5-7-9(3,4)13-14(10,11)12-8-6-2/h5-6H,1-2,7-8H2,3-4H3. The molecule has 0 fully saturated rings. The summed E-state index contributed by atoms with van der Waals surface area (Å²) in [5.74, 6) is 0. The van der Waals surface area contributed by atoms with Crippen molar-refractivity contribution in [2.24, 2.45) is 0 Å². The predicted octanol–water partition coefficient (Wildman–Crippen LogP) is 1.81. The Morgan fingerprint density at radius 2 is 1.86 bits per heavy atom. The molecular formula is C9H16O4S. The SMILES string of the molecule is C=CCOS(=O)(=O)OC(C)(C)CC=C. The van der Waals surface area contributed by atoms with Gasteiger partial charge in [0.05, 0.1) is 12.2 Å². The van der Waals surface area contributed by atoms with E-state index in [4.69, 9.17) is 4.18 Å². The van der Waals surface area contributed by atoms with Gasteiger partial charge in [0.15, 0.2) is 0 Å². The monoisotopic (exact) mass is 220 g/mol. The van der Waals surface area contributed by atoms with Crippen LogP contribution in [0.2, 0.25) is 0 Å². The molecule has 4 nitrogen and oxygen atoms in total. The third-order valence-electron chi connectivity index (χ3n) is 1.29. The van der Waals surface area contributed by atoms with Crippen molar-refractivity contribution in [3.63, 3.8) is 0 Å². The molecule has 0 saturated heterocycles. The van der Waals surface area contributed by atoms with Gasteiger partial charge in [-0.1, -0.05) is 12.2 Å². The molecule has 0 spiro atoms. The van der Waals surface area contributed by atoms with Crippen LogP contribution in [0.4, 0.5) is 0 Å². The number of rotatable bonds is 7. The van der Waals surface area contributed by atoms with E-state index in [1.165, 1.54) is 6.08 Å². The van der Waals surface area contributed by atoms with Gasteiger partial charge < -0.3 is 0 Å². The van der Waals surface area contributed by atoms with Crippen molar-refractivity contribution in [1.82, 2.24) is 0 Å². The molecule has 0 amide bonds. The molecule has 0 radical (unpaired) electrons. The third-order valence-corrected chi connectivity index (χ3v) is 2.37. The zero-order chi connectivity index (χ0) is 11.2. The summed E-state index contributed by atoms with van der Waals surface area (Å²) in [7, 11) is -3.94. The quantitative estimate of drug-likeness (QED) is 0.614. The van der Waals surface area contributed by atoms with Gasteiger partial charge in [0, 0.05) is 0 Å². The molecule has 0 aromatic carbocycles. The Morgan fingerprint density at radius 3 is 2.29 bits per heavy atom. The fourth-order valence-corrected chi connectivity index (χ4v) is 1.75. The summed E-state index contributed by atoms with van der Waals surface area (Å²) in [6, 6.07) is 0. The Balaban J connectivity index is 4.34. The molecule has 0 saturated carbocycles. The zero-order valence-corrected chi connectivity index (χ0v) is 9.34. The summed E-state index contributed by atoms with van der Waals surface area (Å²) in [5, 5.41) is 0. The Labute approximate surface area is 85.6 Å².